The highest BCUT2D eigenvalue weighted by atomic mass is 32.2. The molecule has 0 spiro atoms. The summed E-state index contributed by atoms with van der Waals surface area (Å²) < 4.78 is 28.9. The van der Waals surface area contributed by atoms with Gasteiger partial charge in [-0.15, -0.1) is 0 Å². The van der Waals surface area contributed by atoms with Crippen LogP contribution in [-0.4, -0.2) is 19.2 Å². The van der Waals surface area contributed by atoms with E-state index >= 15 is 0 Å². The highest BCUT2D eigenvalue weighted by Gasteiger charge is 2.19. The summed E-state index contributed by atoms with van der Waals surface area (Å²) in [5.41, 5.74) is 0.443. The van der Waals surface area contributed by atoms with Crippen LogP contribution in [0.25, 0.3) is 11.3 Å². The Morgan fingerprint density at radius 3 is 2.83 bits per heavy atom. The summed E-state index contributed by atoms with van der Waals surface area (Å²) >= 11 is 0. The summed E-state index contributed by atoms with van der Waals surface area (Å²) in [5, 5.41) is 8.90. The zero-order valence-electron chi connectivity index (χ0n) is 9.62. The SMILES string of the molecule is CCS(=O)(=O)c1cc(-c2ccco2)cnc1C#N. The molecule has 2 aromatic rings. The molecule has 18 heavy (non-hydrogen) atoms. The van der Waals surface area contributed by atoms with Gasteiger partial charge in [0.15, 0.2) is 15.5 Å². The van der Waals surface area contributed by atoms with Crippen LogP contribution in [0.1, 0.15) is 12.6 Å². The molecule has 2 rings (SSSR count). The fourth-order valence-corrected chi connectivity index (χ4v) is 2.51. The van der Waals surface area contributed by atoms with Gasteiger partial charge in [0.2, 0.25) is 0 Å². The fraction of sp³-hybridized carbons (Fsp3) is 0.167. The molecule has 0 N–H and O–H groups in total. The van der Waals surface area contributed by atoms with Gasteiger partial charge in [0.25, 0.3) is 0 Å². The van der Waals surface area contributed by atoms with Gasteiger partial charge in [0, 0.05) is 11.8 Å². The van der Waals surface area contributed by atoms with Crippen molar-refractivity contribution in [2.24, 2.45) is 0 Å². The van der Waals surface area contributed by atoms with Crippen LogP contribution in [0.4, 0.5) is 0 Å². The van der Waals surface area contributed by atoms with Gasteiger partial charge in [-0.05, 0) is 18.2 Å². The number of hydrogen-bond acceptors (Lipinski definition) is 5. The minimum absolute atomic E-state index is 0.0543. The van der Waals surface area contributed by atoms with Crippen molar-refractivity contribution in [2.45, 2.75) is 11.8 Å². The van der Waals surface area contributed by atoms with Crippen molar-refractivity contribution >= 4 is 9.84 Å². The number of furan rings is 1. The van der Waals surface area contributed by atoms with Crippen LogP contribution >= 0.6 is 0 Å². The Bertz CT molecular complexity index is 697. The maximum atomic E-state index is 11.9. The number of rotatable bonds is 3. The molecule has 0 unspecified atom stereocenters. The third-order valence-electron chi connectivity index (χ3n) is 2.48. The predicted octanol–water partition coefficient (Wildman–Crippen LogP) is 2.01. The van der Waals surface area contributed by atoms with Crippen molar-refractivity contribution in [2.75, 3.05) is 5.75 Å². The van der Waals surface area contributed by atoms with Gasteiger partial charge in [-0.1, -0.05) is 6.92 Å². The molecule has 0 aliphatic carbocycles. The van der Waals surface area contributed by atoms with Gasteiger partial charge in [-0.3, -0.25) is 0 Å². The van der Waals surface area contributed by atoms with Crippen LogP contribution in [0.3, 0.4) is 0 Å². The summed E-state index contributed by atoms with van der Waals surface area (Å²) in [4.78, 5) is 3.81. The van der Waals surface area contributed by atoms with Gasteiger partial charge in [-0.25, -0.2) is 13.4 Å². The van der Waals surface area contributed by atoms with Crippen LogP contribution in [0.15, 0.2) is 40.0 Å². The quantitative estimate of drug-likeness (QED) is 0.844. The first kappa shape index (κ1) is 12.3. The summed E-state index contributed by atoms with van der Waals surface area (Å²) in [5.74, 6) is 0.435. The Morgan fingerprint density at radius 2 is 2.28 bits per heavy atom. The Morgan fingerprint density at radius 1 is 1.50 bits per heavy atom. The smallest absolute Gasteiger partial charge is 0.181 e. The second-order valence-electron chi connectivity index (χ2n) is 3.56. The molecular weight excluding hydrogens is 252 g/mol. The number of nitriles is 1. The predicted molar refractivity (Wildman–Crippen MR) is 64.4 cm³/mol. The fourth-order valence-electron chi connectivity index (χ4n) is 1.50. The number of hydrogen-bond donors (Lipinski definition) is 0. The highest BCUT2D eigenvalue weighted by Crippen LogP contribution is 2.24. The van der Waals surface area contributed by atoms with E-state index in [1.54, 1.807) is 18.2 Å². The molecule has 92 valence electrons. The summed E-state index contributed by atoms with van der Waals surface area (Å²) in [7, 11) is -3.48. The van der Waals surface area contributed by atoms with Crippen LogP contribution in [-0.2, 0) is 9.84 Å². The molecule has 2 aromatic heterocycles. The molecule has 0 fully saturated rings. The van der Waals surface area contributed by atoms with E-state index in [0.29, 0.717) is 11.3 Å². The molecule has 2 heterocycles. The Balaban J connectivity index is 2.65. The summed E-state index contributed by atoms with van der Waals surface area (Å²) in [6, 6.07) is 6.60. The Labute approximate surface area is 105 Å². The van der Waals surface area contributed by atoms with Crippen LogP contribution in [0.2, 0.25) is 0 Å². The molecule has 0 amide bonds. The summed E-state index contributed by atoms with van der Waals surface area (Å²) in [6.07, 6.45) is 2.91. The molecule has 0 radical (unpaired) electrons. The van der Waals surface area contributed by atoms with E-state index < -0.39 is 9.84 Å². The third kappa shape index (κ3) is 2.13. The maximum Gasteiger partial charge on any atom is 0.181 e. The zero-order valence-corrected chi connectivity index (χ0v) is 10.4. The van der Waals surface area contributed by atoms with E-state index in [4.69, 9.17) is 9.68 Å². The number of aromatic nitrogens is 1. The van der Waals surface area contributed by atoms with E-state index in [9.17, 15) is 8.42 Å². The standard InChI is InChI=1S/C12H10N2O3S/c1-2-18(15,16)12-6-9(8-14-10(12)7-13)11-4-3-5-17-11/h3-6,8H,2H2,1H3. The van der Waals surface area contributed by atoms with Crippen molar-refractivity contribution in [1.82, 2.24) is 4.98 Å². The first-order valence-corrected chi connectivity index (χ1v) is 6.90. The van der Waals surface area contributed by atoms with Gasteiger partial charge in [0.05, 0.1) is 12.0 Å². The van der Waals surface area contributed by atoms with Crippen molar-refractivity contribution < 1.29 is 12.8 Å². The maximum absolute atomic E-state index is 11.9. The van der Waals surface area contributed by atoms with Crippen LogP contribution in [0.5, 0.6) is 0 Å². The zero-order chi connectivity index (χ0) is 13.2. The van der Waals surface area contributed by atoms with E-state index in [-0.39, 0.29) is 16.3 Å². The van der Waals surface area contributed by atoms with Crippen molar-refractivity contribution in [3.8, 4) is 17.4 Å². The topological polar surface area (TPSA) is 84.0 Å². The molecule has 6 heteroatoms. The van der Waals surface area contributed by atoms with Gasteiger partial charge < -0.3 is 4.42 Å². The van der Waals surface area contributed by atoms with Gasteiger partial charge in [0.1, 0.15) is 16.7 Å². The van der Waals surface area contributed by atoms with Crippen LogP contribution in [0, 0.1) is 11.3 Å². The molecule has 0 bridgehead atoms. The van der Waals surface area contributed by atoms with E-state index in [1.807, 2.05) is 0 Å². The van der Waals surface area contributed by atoms with Crippen molar-refractivity contribution in [3.63, 3.8) is 0 Å². The lowest BCUT2D eigenvalue weighted by Crippen LogP contribution is -2.07. The first-order chi connectivity index (χ1) is 8.58. The molecular formula is C12H10N2O3S. The molecule has 0 saturated carbocycles. The lowest BCUT2D eigenvalue weighted by Gasteiger charge is -2.05. The molecule has 0 aliphatic heterocycles. The van der Waals surface area contributed by atoms with Crippen LogP contribution < -0.4 is 0 Å². The highest BCUT2D eigenvalue weighted by molar-refractivity contribution is 7.91. The molecule has 0 saturated heterocycles. The normalized spacial score (nSPS) is 11.1. The minimum atomic E-state index is -3.48. The largest absolute Gasteiger partial charge is 0.464 e. The first-order valence-electron chi connectivity index (χ1n) is 5.25. The monoisotopic (exact) mass is 262 g/mol. The molecule has 0 aromatic carbocycles. The average Bonchev–Trinajstić information content (AvgIpc) is 2.92. The van der Waals surface area contributed by atoms with E-state index in [2.05, 4.69) is 4.98 Å². The Kier molecular flexibility index (Phi) is 3.17. The van der Waals surface area contributed by atoms with E-state index in [1.165, 1.54) is 25.5 Å². The molecule has 0 aliphatic rings. The summed E-state index contributed by atoms with van der Waals surface area (Å²) in [6.45, 7) is 1.52. The minimum Gasteiger partial charge on any atom is -0.464 e. The number of sulfone groups is 1. The number of nitrogens with zero attached hydrogens (tertiary/aromatic N) is 2. The lowest BCUT2D eigenvalue weighted by atomic mass is 10.2. The molecule has 5 nitrogen and oxygen atoms in total. The van der Waals surface area contributed by atoms with Crippen molar-refractivity contribution in [1.29, 1.82) is 5.26 Å². The lowest BCUT2D eigenvalue weighted by molar-refractivity contribution is 0.581. The average molecular weight is 262 g/mol. The molecule has 0 atom stereocenters. The Hall–Kier alpha value is -2.13. The third-order valence-corrected chi connectivity index (χ3v) is 4.22. The second-order valence-corrected chi connectivity index (χ2v) is 5.81. The van der Waals surface area contributed by atoms with Crippen molar-refractivity contribution in [3.05, 3.63) is 36.4 Å². The van der Waals surface area contributed by atoms with Gasteiger partial charge in [-0.2, -0.15) is 5.26 Å². The second kappa shape index (κ2) is 4.63. The number of pyridine rings is 1. The van der Waals surface area contributed by atoms with E-state index in [0.717, 1.165) is 0 Å². The van der Waals surface area contributed by atoms with Gasteiger partial charge >= 0.3 is 0 Å².